The molecule has 1 atom stereocenters. The van der Waals surface area contributed by atoms with Crippen molar-refractivity contribution in [1.82, 2.24) is 10.3 Å². The third kappa shape index (κ3) is 4.03. The minimum absolute atomic E-state index is 0.0538. The maximum atomic E-state index is 12.9. The zero-order chi connectivity index (χ0) is 19.3. The Kier molecular flexibility index (Phi) is 5.60. The SMILES string of the molecule is C[C@@H](CCc1ccco1)NC(=O)c1cnc(N2CCCCC2)c2ccccc12. The first-order chi connectivity index (χ1) is 13.7. The number of hydrogen-bond donors (Lipinski definition) is 1. The van der Waals surface area contributed by atoms with Gasteiger partial charge in [0.1, 0.15) is 11.6 Å². The fourth-order valence-electron chi connectivity index (χ4n) is 3.90. The predicted molar refractivity (Wildman–Crippen MR) is 112 cm³/mol. The summed E-state index contributed by atoms with van der Waals surface area (Å²) in [5, 5.41) is 5.14. The van der Waals surface area contributed by atoms with E-state index in [9.17, 15) is 4.79 Å². The van der Waals surface area contributed by atoms with Crippen molar-refractivity contribution in [3.8, 4) is 0 Å². The third-order valence-corrected chi connectivity index (χ3v) is 5.46. The first-order valence-electron chi connectivity index (χ1n) is 10.2. The number of hydrogen-bond acceptors (Lipinski definition) is 4. The number of pyridine rings is 1. The van der Waals surface area contributed by atoms with Crippen molar-refractivity contribution in [1.29, 1.82) is 0 Å². The van der Waals surface area contributed by atoms with Crippen LogP contribution in [0.1, 0.15) is 48.7 Å². The molecule has 1 amide bonds. The van der Waals surface area contributed by atoms with Crippen LogP contribution in [-0.2, 0) is 6.42 Å². The maximum absolute atomic E-state index is 12.9. The summed E-state index contributed by atoms with van der Waals surface area (Å²) in [6.45, 7) is 4.09. The molecule has 5 heteroatoms. The quantitative estimate of drug-likeness (QED) is 0.684. The van der Waals surface area contributed by atoms with Gasteiger partial charge in [0.05, 0.1) is 11.8 Å². The molecule has 1 aromatic carbocycles. The van der Waals surface area contributed by atoms with Gasteiger partial charge in [0.25, 0.3) is 5.91 Å². The molecule has 28 heavy (non-hydrogen) atoms. The molecule has 146 valence electrons. The number of fused-ring (bicyclic) bond motifs is 1. The van der Waals surface area contributed by atoms with E-state index in [4.69, 9.17) is 9.40 Å². The lowest BCUT2D eigenvalue weighted by Crippen LogP contribution is -2.33. The Morgan fingerprint density at radius 3 is 2.68 bits per heavy atom. The average molecular weight is 377 g/mol. The second-order valence-electron chi connectivity index (χ2n) is 7.58. The first-order valence-corrected chi connectivity index (χ1v) is 10.2. The number of amides is 1. The predicted octanol–water partition coefficient (Wildman–Crippen LogP) is 4.57. The minimum atomic E-state index is -0.0687. The summed E-state index contributed by atoms with van der Waals surface area (Å²) in [5.41, 5.74) is 0.640. The molecule has 3 aromatic rings. The molecule has 3 heterocycles. The summed E-state index contributed by atoms with van der Waals surface area (Å²) in [4.78, 5) is 20.0. The van der Waals surface area contributed by atoms with Gasteiger partial charge >= 0.3 is 0 Å². The molecule has 0 radical (unpaired) electrons. The van der Waals surface area contributed by atoms with Crippen LogP contribution in [0.2, 0.25) is 0 Å². The van der Waals surface area contributed by atoms with Crippen molar-refractivity contribution in [3.63, 3.8) is 0 Å². The second-order valence-corrected chi connectivity index (χ2v) is 7.58. The smallest absolute Gasteiger partial charge is 0.253 e. The highest BCUT2D eigenvalue weighted by Gasteiger charge is 2.19. The molecule has 4 rings (SSSR count). The van der Waals surface area contributed by atoms with Crippen molar-refractivity contribution < 1.29 is 9.21 Å². The number of nitrogens with one attached hydrogen (secondary N) is 1. The topological polar surface area (TPSA) is 58.4 Å². The lowest BCUT2D eigenvalue weighted by molar-refractivity contribution is 0.0939. The minimum Gasteiger partial charge on any atom is -0.469 e. The van der Waals surface area contributed by atoms with E-state index in [1.54, 1.807) is 12.5 Å². The molecule has 0 aliphatic carbocycles. The molecule has 0 saturated carbocycles. The number of anilines is 1. The van der Waals surface area contributed by atoms with Crippen molar-refractivity contribution in [2.75, 3.05) is 18.0 Å². The van der Waals surface area contributed by atoms with Crippen molar-refractivity contribution in [3.05, 3.63) is 60.2 Å². The van der Waals surface area contributed by atoms with E-state index in [1.807, 2.05) is 37.3 Å². The molecule has 1 saturated heterocycles. The number of carbonyl (C=O) groups excluding carboxylic acids is 1. The zero-order valence-corrected chi connectivity index (χ0v) is 16.4. The third-order valence-electron chi connectivity index (χ3n) is 5.46. The summed E-state index contributed by atoms with van der Waals surface area (Å²) in [7, 11) is 0. The molecule has 1 fully saturated rings. The Balaban J connectivity index is 1.52. The molecule has 0 unspecified atom stereocenters. The Morgan fingerprint density at radius 1 is 1.14 bits per heavy atom. The summed E-state index contributed by atoms with van der Waals surface area (Å²) in [6.07, 6.45) is 8.74. The highest BCUT2D eigenvalue weighted by molar-refractivity contribution is 6.09. The van der Waals surface area contributed by atoms with Crippen LogP contribution < -0.4 is 10.2 Å². The average Bonchev–Trinajstić information content (AvgIpc) is 3.26. The normalized spacial score (nSPS) is 15.5. The second kappa shape index (κ2) is 8.46. The van der Waals surface area contributed by atoms with Gasteiger partial charge in [0.15, 0.2) is 0 Å². The van der Waals surface area contributed by atoms with E-state index in [2.05, 4.69) is 16.3 Å². The number of nitrogens with zero attached hydrogens (tertiary/aromatic N) is 2. The summed E-state index contributed by atoms with van der Waals surface area (Å²) in [5.74, 6) is 1.87. The molecular weight excluding hydrogens is 350 g/mol. The molecule has 1 aliphatic rings. The monoisotopic (exact) mass is 377 g/mol. The standard InChI is InChI=1S/C23H27N3O2/c1-17(11-12-18-8-7-15-28-18)25-23(27)21-16-24-22(26-13-5-2-6-14-26)20-10-4-3-9-19(20)21/h3-4,7-10,15-17H,2,5-6,11-14H2,1H3,(H,25,27)/t17-/m0/s1. The lowest BCUT2D eigenvalue weighted by atomic mass is 10.0. The van der Waals surface area contributed by atoms with Gasteiger partial charge in [-0.05, 0) is 50.1 Å². The van der Waals surface area contributed by atoms with E-state index >= 15 is 0 Å². The number of piperidine rings is 1. The lowest BCUT2D eigenvalue weighted by Gasteiger charge is -2.29. The van der Waals surface area contributed by atoms with Crippen LogP contribution in [0.25, 0.3) is 10.8 Å². The Morgan fingerprint density at radius 2 is 1.93 bits per heavy atom. The van der Waals surface area contributed by atoms with E-state index in [1.165, 1.54) is 19.3 Å². The van der Waals surface area contributed by atoms with E-state index < -0.39 is 0 Å². The van der Waals surface area contributed by atoms with Crippen LogP contribution in [0.5, 0.6) is 0 Å². The largest absolute Gasteiger partial charge is 0.469 e. The summed E-state index contributed by atoms with van der Waals surface area (Å²) in [6, 6.07) is 12.0. The van der Waals surface area contributed by atoms with Crippen LogP contribution in [0.3, 0.4) is 0 Å². The number of benzene rings is 1. The van der Waals surface area contributed by atoms with Gasteiger partial charge in [-0.2, -0.15) is 0 Å². The van der Waals surface area contributed by atoms with E-state index in [-0.39, 0.29) is 11.9 Å². The van der Waals surface area contributed by atoms with Gasteiger partial charge in [-0.1, -0.05) is 24.3 Å². The zero-order valence-electron chi connectivity index (χ0n) is 16.4. The number of aromatic nitrogens is 1. The number of carbonyl (C=O) groups is 1. The van der Waals surface area contributed by atoms with E-state index in [0.717, 1.165) is 48.3 Å². The van der Waals surface area contributed by atoms with Crippen LogP contribution in [0, 0.1) is 0 Å². The summed E-state index contributed by atoms with van der Waals surface area (Å²) < 4.78 is 5.37. The first kappa shape index (κ1) is 18.5. The summed E-state index contributed by atoms with van der Waals surface area (Å²) >= 11 is 0. The van der Waals surface area contributed by atoms with Crippen LogP contribution in [0.4, 0.5) is 5.82 Å². The molecule has 0 bridgehead atoms. The number of rotatable bonds is 6. The van der Waals surface area contributed by atoms with Crippen LogP contribution in [-0.4, -0.2) is 30.0 Å². The van der Waals surface area contributed by atoms with Gasteiger partial charge in [-0.3, -0.25) is 4.79 Å². The molecular formula is C23H27N3O2. The Hall–Kier alpha value is -2.82. The Bertz CT molecular complexity index is 930. The van der Waals surface area contributed by atoms with Gasteiger partial charge in [0, 0.05) is 37.1 Å². The number of aryl methyl sites for hydroxylation is 1. The molecule has 0 spiro atoms. The molecule has 1 N–H and O–H groups in total. The van der Waals surface area contributed by atoms with Crippen LogP contribution in [0.15, 0.2) is 53.3 Å². The van der Waals surface area contributed by atoms with E-state index in [0.29, 0.717) is 5.56 Å². The van der Waals surface area contributed by atoms with Gasteiger partial charge in [0.2, 0.25) is 0 Å². The highest BCUT2D eigenvalue weighted by atomic mass is 16.3. The fraction of sp³-hybridized carbons (Fsp3) is 0.391. The van der Waals surface area contributed by atoms with Crippen molar-refractivity contribution in [2.45, 2.75) is 45.1 Å². The Labute approximate surface area is 165 Å². The molecule has 5 nitrogen and oxygen atoms in total. The highest BCUT2D eigenvalue weighted by Crippen LogP contribution is 2.29. The van der Waals surface area contributed by atoms with Gasteiger partial charge in [-0.15, -0.1) is 0 Å². The molecule has 2 aromatic heterocycles. The van der Waals surface area contributed by atoms with Gasteiger partial charge < -0.3 is 14.6 Å². The molecule has 1 aliphatic heterocycles. The van der Waals surface area contributed by atoms with Crippen molar-refractivity contribution >= 4 is 22.5 Å². The van der Waals surface area contributed by atoms with Crippen LogP contribution >= 0.6 is 0 Å². The van der Waals surface area contributed by atoms with Gasteiger partial charge in [-0.25, -0.2) is 4.98 Å². The van der Waals surface area contributed by atoms with Crippen molar-refractivity contribution in [2.24, 2.45) is 0 Å². The fourth-order valence-corrected chi connectivity index (χ4v) is 3.90. The number of furan rings is 1. The maximum Gasteiger partial charge on any atom is 0.253 e.